The summed E-state index contributed by atoms with van der Waals surface area (Å²) >= 11 is 0. The average molecular weight is 1070 g/mol. The van der Waals surface area contributed by atoms with Crippen molar-refractivity contribution in [1.82, 2.24) is 14.5 Å². The van der Waals surface area contributed by atoms with E-state index in [9.17, 15) is 7.13 Å². The quantitative estimate of drug-likeness (QED) is 0.149. The molecule has 6 heteroatoms. The summed E-state index contributed by atoms with van der Waals surface area (Å²) in [5, 5.41) is 2.01. The first-order valence-electron chi connectivity index (χ1n) is 24.0. The molecule has 0 aliphatic heterocycles. The van der Waals surface area contributed by atoms with E-state index in [1.807, 2.05) is 82.3 Å². The Kier molecular flexibility index (Phi) is 12.8. The van der Waals surface area contributed by atoms with Crippen LogP contribution in [0.1, 0.15) is 106 Å². The van der Waals surface area contributed by atoms with Gasteiger partial charge in [0.2, 0.25) is 0 Å². The van der Waals surface area contributed by atoms with E-state index in [2.05, 4.69) is 142 Å². The van der Waals surface area contributed by atoms with Gasteiger partial charge in [0.1, 0.15) is 5.58 Å². The molecule has 345 valence electrons. The molecule has 0 saturated heterocycles. The van der Waals surface area contributed by atoms with E-state index in [0.717, 1.165) is 83.3 Å². The number of hydrogen-bond donors (Lipinski definition) is 0. The summed E-state index contributed by atoms with van der Waals surface area (Å²) in [5.74, 6) is -1.64. The van der Waals surface area contributed by atoms with Crippen LogP contribution in [0.4, 0.5) is 4.39 Å². The Labute approximate surface area is 417 Å². The van der Waals surface area contributed by atoms with Crippen LogP contribution in [0.5, 0.6) is 0 Å². The molecule has 0 atom stereocenters. The van der Waals surface area contributed by atoms with Gasteiger partial charge in [-0.25, -0.2) is 0 Å². The predicted molar refractivity (Wildman–Crippen MR) is 278 cm³/mol. The fraction of sp³-hybridized carbons (Fsp3) is 0.226. The molecule has 4 nitrogen and oxygen atoms in total. The smallest absolute Gasteiger partial charge is 0.121 e. The minimum atomic E-state index is -1.01. The van der Waals surface area contributed by atoms with Gasteiger partial charge in [0, 0.05) is 45.9 Å². The second-order valence-electron chi connectivity index (χ2n) is 19.9. The van der Waals surface area contributed by atoms with Crippen LogP contribution < -0.4 is 0 Å². The van der Waals surface area contributed by atoms with Crippen molar-refractivity contribution in [3.05, 3.63) is 198 Å². The van der Waals surface area contributed by atoms with Gasteiger partial charge in [0.15, 0.2) is 0 Å². The van der Waals surface area contributed by atoms with Crippen LogP contribution in [0, 0.1) is 17.9 Å². The van der Waals surface area contributed by atoms with Crippen LogP contribution in [0.15, 0.2) is 162 Å². The minimum Gasteiger partial charge on any atom is -0.501 e. The number of fused-ring (bicyclic) bond motifs is 4. The molecule has 3 aromatic heterocycles. The Hall–Kier alpha value is -6.46. The van der Waals surface area contributed by atoms with E-state index in [4.69, 9.17) is 9.40 Å². The summed E-state index contributed by atoms with van der Waals surface area (Å²) < 4.78 is 40.8. The standard InChI is InChI=1S/C47H43N2O.C15H15FN.Ir/c1-29(2)39-26-34(32-20-23-35(24-21-32)47(5,6)7)27-40(30(3)4)44(39)49-42-19-12-11-18-41(42)48-46(49)38-17-13-16-37-36-25-22-33(28-43(36)50-45(37)38)31-14-9-8-10-15-31;1-15(2,3)12-8-9-17-14(10-12)11-4-6-13(16)7-5-11;/h8-16,18-30H,1-7H3;4,6-10H,1-3H3;/q2*-1;/i29D,30D;;. The second-order valence-corrected chi connectivity index (χ2v) is 19.9. The van der Waals surface area contributed by atoms with Crippen LogP contribution in [-0.2, 0) is 30.9 Å². The van der Waals surface area contributed by atoms with E-state index in [1.54, 1.807) is 12.3 Å². The molecule has 7 aromatic carbocycles. The van der Waals surface area contributed by atoms with Crippen molar-refractivity contribution in [3.63, 3.8) is 0 Å². The molecule has 10 rings (SSSR count). The van der Waals surface area contributed by atoms with Crippen molar-refractivity contribution in [1.29, 1.82) is 0 Å². The van der Waals surface area contributed by atoms with Gasteiger partial charge in [0.25, 0.3) is 0 Å². The normalized spacial score (nSPS) is 12.6. The van der Waals surface area contributed by atoms with Crippen LogP contribution in [0.2, 0.25) is 0 Å². The summed E-state index contributed by atoms with van der Waals surface area (Å²) in [7, 11) is 0. The molecule has 0 spiro atoms. The van der Waals surface area contributed by atoms with Gasteiger partial charge in [0.05, 0.1) is 22.4 Å². The van der Waals surface area contributed by atoms with Gasteiger partial charge in [-0.1, -0.05) is 165 Å². The van der Waals surface area contributed by atoms with Crippen LogP contribution in [-0.4, -0.2) is 14.5 Å². The first-order chi connectivity index (χ1) is 32.6. The topological polar surface area (TPSA) is 43.9 Å². The average Bonchev–Trinajstić information content (AvgIpc) is 3.89. The number of imidazole rings is 1. The maximum absolute atomic E-state index is 12.8. The Morgan fingerprint density at radius 2 is 1.28 bits per heavy atom. The number of halogens is 1. The molecule has 10 aromatic rings. The Morgan fingerprint density at radius 1 is 0.632 bits per heavy atom. The van der Waals surface area contributed by atoms with E-state index in [0.29, 0.717) is 11.4 Å². The molecular formula is C62H58FIrN3O-2. The maximum atomic E-state index is 12.8. The fourth-order valence-electron chi connectivity index (χ4n) is 8.71. The number of nitrogens with zero attached hydrogens (tertiary/aromatic N) is 3. The van der Waals surface area contributed by atoms with Crippen molar-refractivity contribution < 1.29 is 31.7 Å². The summed E-state index contributed by atoms with van der Waals surface area (Å²) in [6.45, 7) is 20.8. The van der Waals surface area contributed by atoms with Crippen molar-refractivity contribution in [2.24, 2.45) is 0 Å². The van der Waals surface area contributed by atoms with Gasteiger partial charge in [-0.3, -0.25) is 9.37 Å². The van der Waals surface area contributed by atoms with Gasteiger partial charge >= 0.3 is 0 Å². The van der Waals surface area contributed by atoms with Crippen molar-refractivity contribution in [2.75, 3.05) is 0 Å². The zero-order chi connectivity index (χ0) is 49.0. The second kappa shape index (κ2) is 19.3. The van der Waals surface area contributed by atoms with Gasteiger partial charge in [-0.15, -0.1) is 48.0 Å². The van der Waals surface area contributed by atoms with Crippen LogP contribution in [0.3, 0.4) is 0 Å². The van der Waals surface area contributed by atoms with E-state index < -0.39 is 11.8 Å². The van der Waals surface area contributed by atoms with Crippen LogP contribution >= 0.6 is 0 Å². The van der Waals surface area contributed by atoms with E-state index in [-0.39, 0.29) is 36.8 Å². The first-order valence-corrected chi connectivity index (χ1v) is 23.0. The van der Waals surface area contributed by atoms with Gasteiger partial charge in [-0.2, -0.15) is 0 Å². The SMILES string of the molecule is CC(C)(C)c1ccnc(-c2[c-]cc(F)cc2)c1.[2H]C(C)(C)c1cc(-c2ccc(C(C)(C)C)cc2)cc(C([2H])(C)C)c1-n1c(-c2[c-]ccc3c2oc2cc(-c4ccccc4)ccc23)nc2ccccc21.[Ir]. The third-order valence-electron chi connectivity index (χ3n) is 12.5. The zero-order valence-corrected chi connectivity index (χ0v) is 42.9. The summed E-state index contributed by atoms with van der Waals surface area (Å²) in [6, 6.07) is 56.7. The molecule has 0 bridgehead atoms. The number of hydrogen-bond acceptors (Lipinski definition) is 3. The third kappa shape index (κ3) is 9.63. The van der Waals surface area contributed by atoms with Gasteiger partial charge < -0.3 is 14.0 Å². The molecule has 0 saturated carbocycles. The Balaban J connectivity index is 0.000000309. The van der Waals surface area contributed by atoms with Crippen molar-refractivity contribution in [2.45, 2.75) is 91.9 Å². The number of aromatic nitrogens is 3. The zero-order valence-electron chi connectivity index (χ0n) is 42.5. The number of benzene rings is 7. The van der Waals surface area contributed by atoms with Crippen molar-refractivity contribution in [3.8, 4) is 50.6 Å². The molecule has 0 fully saturated rings. The number of furan rings is 1. The summed E-state index contributed by atoms with van der Waals surface area (Å²) in [4.78, 5) is 9.55. The number of para-hydroxylation sites is 2. The number of pyridine rings is 1. The fourth-order valence-corrected chi connectivity index (χ4v) is 8.71. The van der Waals surface area contributed by atoms with Crippen molar-refractivity contribution >= 4 is 33.0 Å². The first kappa shape index (κ1) is 45.3. The Bertz CT molecular complexity index is 3440. The molecule has 68 heavy (non-hydrogen) atoms. The molecule has 0 aliphatic rings. The predicted octanol–water partition coefficient (Wildman–Crippen LogP) is 17.3. The molecule has 3 heterocycles. The largest absolute Gasteiger partial charge is 0.501 e. The third-order valence-corrected chi connectivity index (χ3v) is 12.5. The van der Waals surface area contributed by atoms with Crippen LogP contribution in [0.25, 0.3) is 83.6 Å². The molecule has 1 radical (unpaired) electrons. The molecule has 0 amide bonds. The van der Waals surface area contributed by atoms with E-state index >= 15 is 0 Å². The summed E-state index contributed by atoms with van der Waals surface area (Å²) in [5.41, 5.74) is 14.9. The number of rotatable bonds is 7. The van der Waals surface area contributed by atoms with Gasteiger partial charge in [-0.05, 0) is 109 Å². The monoisotopic (exact) mass is 1070 g/mol. The van der Waals surface area contributed by atoms with E-state index in [1.165, 1.54) is 23.3 Å². The minimum absolute atomic E-state index is 0. The molecular weight excluding hydrogens is 1010 g/mol. The summed E-state index contributed by atoms with van der Waals surface area (Å²) in [6.07, 6.45) is 1.78. The molecule has 0 N–H and O–H groups in total. The molecule has 0 unspecified atom stereocenters. The maximum Gasteiger partial charge on any atom is 0.121 e. The molecule has 0 aliphatic carbocycles. The Morgan fingerprint density at radius 3 is 1.93 bits per heavy atom.